The molecule has 0 spiro atoms. The van der Waals surface area contributed by atoms with Gasteiger partial charge >= 0.3 is 0 Å². The molecule has 0 aliphatic carbocycles. The fraction of sp³-hybridized carbons (Fsp3) is 0.231. The van der Waals surface area contributed by atoms with Gasteiger partial charge in [0, 0.05) is 15.0 Å². The number of benzene rings is 1. The van der Waals surface area contributed by atoms with Crippen LogP contribution in [0.15, 0.2) is 39.0 Å². The molecule has 2 rings (SSSR count). The molecule has 3 nitrogen and oxygen atoms in total. The fourth-order valence-electron chi connectivity index (χ4n) is 1.55. The third-order valence-corrected chi connectivity index (χ3v) is 6.63. The maximum Gasteiger partial charge on any atom is 0.271 e. The average molecular weight is 360 g/mol. The van der Waals surface area contributed by atoms with Crippen LogP contribution in [0.4, 0.5) is 5.69 Å². The van der Waals surface area contributed by atoms with Crippen LogP contribution in [0, 0.1) is 6.92 Å². The standard InChI is InChI=1S/C13H14BrNO2S2/c1-3-11-6-7-13(18-11)19(16,17)15-10-5-4-9(2)12(14)8-10/h4-8,15H,3H2,1-2H3. The molecule has 0 radical (unpaired) electrons. The molecule has 1 N–H and O–H groups in total. The van der Waals surface area contributed by atoms with E-state index in [2.05, 4.69) is 20.7 Å². The van der Waals surface area contributed by atoms with E-state index in [1.807, 2.05) is 26.0 Å². The summed E-state index contributed by atoms with van der Waals surface area (Å²) in [7, 11) is -3.48. The molecule has 0 fully saturated rings. The average Bonchev–Trinajstić information content (AvgIpc) is 2.83. The highest BCUT2D eigenvalue weighted by Crippen LogP contribution is 2.26. The Kier molecular flexibility index (Phi) is 4.32. The van der Waals surface area contributed by atoms with E-state index in [-0.39, 0.29) is 0 Å². The number of hydrogen-bond acceptors (Lipinski definition) is 3. The summed E-state index contributed by atoms with van der Waals surface area (Å²) in [5, 5.41) is 0. The van der Waals surface area contributed by atoms with E-state index >= 15 is 0 Å². The molecule has 1 aromatic heterocycles. The van der Waals surface area contributed by atoms with Gasteiger partial charge in [-0.1, -0.05) is 28.9 Å². The van der Waals surface area contributed by atoms with Gasteiger partial charge in [-0.2, -0.15) is 0 Å². The summed E-state index contributed by atoms with van der Waals surface area (Å²) in [6.45, 7) is 3.96. The van der Waals surface area contributed by atoms with E-state index in [0.717, 1.165) is 21.3 Å². The molecule has 1 aromatic carbocycles. The summed E-state index contributed by atoms with van der Waals surface area (Å²) >= 11 is 4.70. The smallest absolute Gasteiger partial charge is 0.271 e. The minimum Gasteiger partial charge on any atom is -0.279 e. The van der Waals surface area contributed by atoms with Gasteiger partial charge < -0.3 is 0 Å². The number of nitrogens with one attached hydrogen (secondary N) is 1. The molecule has 19 heavy (non-hydrogen) atoms. The number of halogens is 1. The van der Waals surface area contributed by atoms with Gasteiger partial charge in [0.05, 0.1) is 0 Å². The number of hydrogen-bond donors (Lipinski definition) is 1. The molecule has 0 saturated carbocycles. The van der Waals surface area contributed by atoms with Crippen molar-refractivity contribution in [3.05, 3.63) is 45.2 Å². The van der Waals surface area contributed by atoms with Gasteiger partial charge in [-0.15, -0.1) is 11.3 Å². The highest BCUT2D eigenvalue weighted by Gasteiger charge is 2.16. The van der Waals surface area contributed by atoms with Gasteiger partial charge in [0.2, 0.25) is 0 Å². The van der Waals surface area contributed by atoms with Crippen LogP contribution in [0.5, 0.6) is 0 Å². The molecule has 6 heteroatoms. The van der Waals surface area contributed by atoms with Gasteiger partial charge in [0.1, 0.15) is 4.21 Å². The summed E-state index contributed by atoms with van der Waals surface area (Å²) in [5.41, 5.74) is 1.62. The molecule has 0 atom stereocenters. The summed E-state index contributed by atoms with van der Waals surface area (Å²) in [6, 6.07) is 8.89. The molecular weight excluding hydrogens is 346 g/mol. The third-order valence-electron chi connectivity index (χ3n) is 2.67. The zero-order chi connectivity index (χ0) is 14.0. The largest absolute Gasteiger partial charge is 0.279 e. The number of aryl methyl sites for hydroxylation is 2. The van der Waals surface area contributed by atoms with Crippen molar-refractivity contribution in [1.29, 1.82) is 0 Å². The predicted octanol–water partition coefficient (Wildman–Crippen LogP) is 4.18. The van der Waals surface area contributed by atoms with E-state index < -0.39 is 10.0 Å². The Morgan fingerprint density at radius 2 is 2.00 bits per heavy atom. The number of sulfonamides is 1. The van der Waals surface area contributed by atoms with E-state index in [1.165, 1.54) is 11.3 Å². The van der Waals surface area contributed by atoms with Crippen LogP contribution in [-0.4, -0.2) is 8.42 Å². The second-order valence-corrected chi connectivity index (χ2v) is 8.08. The van der Waals surface area contributed by atoms with Gasteiger partial charge in [-0.3, -0.25) is 4.72 Å². The first-order valence-electron chi connectivity index (χ1n) is 5.80. The van der Waals surface area contributed by atoms with Crippen molar-refractivity contribution in [3.63, 3.8) is 0 Å². The van der Waals surface area contributed by atoms with Crippen molar-refractivity contribution in [2.75, 3.05) is 4.72 Å². The highest BCUT2D eigenvalue weighted by atomic mass is 79.9. The predicted molar refractivity (Wildman–Crippen MR) is 83.4 cm³/mol. The number of anilines is 1. The maximum atomic E-state index is 12.2. The summed E-state index contributed by atoms with van der Waals surface area (Å²) < 4.78 is 28.2. The quantitative estimate of drug-likeness (QED) is 0.889. The van der Waals surface area contributed by atoms with Crippen LogP contribution in [0.25, 0.3) is 0 Å². The van der Waals surface area contributed by atoms with E-state index in [9.17, 15) is 8.42 Å². The minimum atomic E-state index is -3.48. The van der Waals surface area contributed by atoms with Gasteiger partial charge in [0.25, 0.3) is 10.0 Å². The first kappa shape index (κ1) is 14.6. The molecule has 0 aliphatic rings. The Balaban J connectivity index is 2.28. The van der Waals surface area contributed by atoms with Crippen molar-refractivity contribution in [3.8, 4) is 0 Å². The Hall–Kier alpha value is -0.850. The van der Waals surface area contributed by atoms with E-state index in [4.69, 9.17) is 0 Å². The van der Waals surface area contributed by atoms with Gasteiger partial charge in [0.15, 0.2) is 0 Å². The SMILES string of the molecule is CCc1ccc(S(=O)(=O)Nc2ccc(C)c(Br)c2)s1. The summed E-state index contributed by atoms with van der Waals surface area (Å²) in [5.74, 6) is 0. The Morgan fingerprint density at radius 1 is 1.26 bits per heavy atom. The van der Waals surface area contributed by atoms with Crippen molar-refractivity contribution in [2.45, 2.75) is 24.5 Å². The fourth-order valence-corrected chi connectivity index (χ4v) is 4.28. The molecule has 1 heterocycles. The third kappa shape index (κ3) is 3.38. The van der Waals surface area contributed by atoms with Crippen molar-refractivity contribution >= 4 is 43.0 Å². The van der Waals surface area contributed by atoms with Crippen LogP contribution in [-0.2, 0) is 16.4 Å². The highest BCUT2D eigenvalue weighted by molar-refractivity contribution is 9.10. The first-order valence-corrected chi connectivity index (χ1v) is 8.89. The Bertz CT molecular complexity index is 692. The molecule has 0 aliphatic heterocycles. The summed E-state index contributed by atoms with van der Waals surface area (Å²) in [4.78, 5) is 1.06. The lowest BCUT2D eigenvalue weighted by molar-refractivity contribution is 0.603. The molecule has 0 amide bonds. The van der Waals surface area contributed by atoms with Crippen LogP contribution >= 0.6 is 27.3 Å². The molecule has 0 saturated heterocycles. The molecule has 0 unspecified atom stereocenters. The van der Waals surface area contributed by atoms with Crippen molar-refractivity contribution in [2.24, 2.45) is 0 Å². The zero-order valence-corrected chi connectivity index (χ0v) is 13.8. The van der Waals surface area contributed by atoms with Crippen molar-refractivity contribution < 1.29 is 8.42 Å². The Morgan fingerprint density at radius 3 is 2.58 bits per heavy atom. The van der Waals surface area contributed by atoms with Crippen LogP contribution in [0.1, 0.15) is 17.4 Å². The Labute approximate surface area is 125 Å². The lowest BCUT2D eigenvalue weighted by atomic mass is 10.2. The van der Waals surface area contributed by atoms with Crippen LogP contribution < -0.4 is 4.72 Å². The number of rotatable bonds is 4. The second-order valence-electron chi connectivity index (χ2n) is 4.14. The lowest BCUT2D eigenvalue weighted by Gasteiger charge is -2.07. The maximum absolute atomic E-state index is 12.2. The van der Waals surface area contributed by atoms with E-state index in [1.54, 1.807) is 18.2 Å². The van der Waals surface area contributed by atoms with E-state index in [0.29, 0.717) is 9.90 Å². The minimum absolute atomic E-state index is 0.348. The topological polar surface area (TPSA) is 46.2 Å². The second kappa shape index (κ2) is 5.64. The van der Waals surface area contributed by atoms with Crippen LogP contribution in [0.3, 0.4) is 0 Å². The molecule has 0 bridgehead atoms. The molecule has 2 aromatic rings. The molecular formula is C13H14BrNO2S2. The van der Waals surface area contributed by atoms with Crippen LogP contribution in [0.2, 0.25) is 0 Å². The number of thiophene rings is 1. The zero-order valence-electron chi connectivity index (χ0n) is 10.6. The van der Waals surface area contributed by atoms with Crippen molar-refractivity contribution in [1.82, 2.24) is 0 Å². The molecule has 102 valence electrons. The normalized spacial score (nSPS) is 11.5. The monoisotopic (exact) mass is 359 g/mol. The van der Waals surface area contributed by atoms with Gasteiger partial charge in [-0.25, -0.2) is 8.42 Å². The van der Waals surface area contributed by atoms with Gasteiger partial charge in [-0.05, 0) is 43.2 Å². The lowest BCUT2D eigenvalue weighted by Crippen LogP contribution is -2.11. The first-order chi connectivity index (χ1) is 8.92. The summed E-state index contributed by atoms with van der Waals surface area (Å²) in [6.07, 6.45) is 0.844.